The van der Waals surface area contributed by atoms with Crippen molar-refractivity contribution in [1.29, 1.82) is 0 Å². The highest BCUT2D eigenvalue weighted by atomic mass is 15.3. The molecule has 0 aliphatic carbocycles. The summed E-state index contributed by atoms with van der Waals surface area (Å²) in [6.45, 7) is 10.1. The Morgan fingerprint density at radius 1 is 1.12 bits per heavy atom. The Morgan fingerprint density at radius 3 is 2.44 bits per heavy atom. The van der Waals surface area contributed by atoms with Crippen molar-refractivity contribution in [3.8, 4) is 0 Å². The number of guanidine groups is 1. The highest BCUT2D eigenvalue weighted by Crippen LogP contribution is 2.08. The van der Waals surface area contributed by atoms with E-state index in [0.29, 0.717) is 0 Å². The zero-order chi connectivity index (χ0) is 11.2. The minimum Gasteiger partial charge on any atom is -0.357 e. The number of hydrogen-bond acceptors (Lipinski definition) is 2. The molecule has 2 fully saturated rings. The molecular formula is C12H24N4. The van der Waals surface area contributed by atoms with Crippen LogP contribution in [0.1, 0.15) is 26.2 Å². The molecule has 2 aliphatic heterocycles. The second kappa shape index (κ2) is 6.09. The fraction of sp³-hybridized carbons (Fsp3) is 0.917. The van der Waals surface area contributed by atoms with Crippen molar-refractivity contribution >= 4 is 5.96 Å². The van der Waals surface area contributed by atoms with Gasteiger partial charge in [0.15, 0.2) is 5.96 Å². The van der Waals surface area contributed by atoms with Gasteiger partial charge in [-0.25, -0.2) is 0 Å². The maximum Gasteiger partial charge on any atom is 0.193 e. The first-order valence-electron chi connectivity index (χ1n) is 6.66. The van der Waals surface area contributed by atoms with Crippen LogP contribution < -0.4 is 5.32 Å². The number of hydrogen-bond donors (Lipinski definition) is 1. The molecule has 0 spiro atoms. The van der Waals surface area contributed by atoms with Gasteiger partial charge in [0.25, 0.3) is 0 Å². The smallest absolute Gasteiger partial charge is 0.193 e. The fourth-order valence-corrected chi connectivity index (χ4v) is 2.26. The molecule has 2 aliphatic rings. The van der Waals surface area contributed by atoms with E-state index in [1.165, 1.54) is 45.4 Å². The highest BCUT2D eigenvalue weighted by molar-refractivity contribution is 5.80. The summed E-state index contributed by atoms with van der Waals surface area (Å²) in [5, 5.41) is 3.39. The van der Waals surface area contributed by atoms with Crippen molar-refractivity contribution < 1.29 is 0 Å². The highest BCUT2D eigenvalue weighted by Gasteiger charge is 2.16. The first-order chi connectivity index (χ1) is 7.90. The summed E-state index contributed by atoms with van der Waals surface area (Å²) in [6, 6.07) is 0. The Bertz CT molecular complexity index is 229. The molecule has 0 radical (unpaired) electrons. The molecule has 1 N–H and O–H groups in total. The fourth-order valence-electron chi connectivity index (χ4n) is 2.26. The molecule has 4 nitrogen and oxygen atoms in total. The average molecular weight is 224 g/mol. The average Bonchev–Trinajstić information content (AvgIpc) is 2.73. The van der Waals surface area contributed by atoms with Crippen LogP contribution in [0.25, 0.3) is 0 Å². The van der Waals surface area contributed by atoms with Crippen LogP contribution in [0.15, 0.2) is 4.99 Å². The summed E-state index contributed by atoms with van der Waals surface area (Å²) >= 11 is 0. The van der Waals surface area contributed by atoms with Gasteiger partial charge in [0, 0.05) is 26.2 Å². The van der Waals surface area contributed by atoms with Gasteiger partial charge in [0.05, 0.1) is 6.54 Å². The van der Waals surface area contributed by atoms with Gasteiger partial charge in [-0.1, -0.05) is 0 Å². The third-order valence-electron chi connectivity index (χ3n) is 3.37. The molecule has 92 valence electrons. The van der Waals surface area contributed by atoms with E-state index in [2.05, 4.69) is 22.0 Å². The Balaban J connectivity index is 1.76. The van der Waals surface area contributed by atoms with Gasteiger partial charge >= 0.3 is 0 Å². The van der Waals surface area contributed by atoms with Crippen molar-refractivity contribution in [3.05, 3.63) is 0 Å². The van der Waals surface area contributed by atoms with Crippen LogP contribution in [0.4, 0.5) is 0 Å². The molecule has 0 aromatic carbocycles. The van der Waals surface area contributed by atoms with E-state index in [4.69, 9.17) is 4.99 Å². The van der Waals surface area contributed by atoms with Crippen molar-refractivity contribution in [3.63, 3.8) is 0 Å². The SMILES string of the molecule is CCNC(=NCCN1CCC1)N1CCCC1. The van der Waals surface area contributed by atoms with Gasteiger partial charge in [-0.3, -0.25) is 4.99 Å². The van der Waals surface area contributed by atoms with Crippen LogP contribution in [0, 0.1) is 0 Å². The number of aliphatic imine (C=N–C) groups is 1. The van der Waals surface area contributed by atoms with Crippen LogP contribution in [-0.4, -0.2) is 61.6 Å². The van der Waals surface area contributed by atoms with Crippen LogP contribution in [0.5, 0.6) is 0 Å². The quantitative estimate of drug-likeness (QED) is 0.565. The van der Waals surface area contributed by atoms with E-state index in [9.17, 15) is 0 Å². The number of nitrogens with one attached hydrogen (secondary N) is 1. The molecule has 4 heteroatoms. The summed E-state index contributed by atoms with van der Waals surface area (Å²) in [7, 11) is 0. The molecule has 0 unspecified atom stereocenters. The predicted octanol–water partition coefficient (Wildman–Crippen LogP) is 0.753. The monoisotopic (exact) mass is 224 g/mol. The van der Waals surface area contributed by atoms with E-state index < -0.39 is 0 Å². The molecule has 0 aromatic heterocycles. The normalized spacial score (nSPS) is 22.3. The lowest BCUT2D eigenvalue weighted by molar-refractivity contribution is 0.187. The molecule has 2 saturated heterocycles. The molecular weight excluding hydrogens is 200 g/mol. The molecule has 0 aromatic rings. The molecule has 0 amide bonds. The van der Waals surface area contributed by atoms with E-state index in [1.807, 2.05) is 0 Å². The standard InChI is InChI=1S/C12H24N4/c1-2-13-12(16-9-3-4-10-16)14-6-11-15-7-5-8-15/h2-11H2,1H3,(H,13,14). The molecule has 0 atom stereocenters. The summed E-state index contributed by atoms with van der Waals surface area (Å²) in [4.78, 5) is 9.56. The molecule has 0 bridgehead atoms. The van der Waals surface area contributed by atoms with Gasteiger partial charge in [-0.15, -0.1) is 0 Å². The first kappa shape index (κ1) is 11.7. The van der Waals surface area contributed by atoms with Gasteiger partial charge in [0.2, 0.25) is 0 Å². The zero-order valence-electron chi connectivity index (χ0n) is 10.4. The maximum atomic E-state index is 4.71. The predicted molar refractivity (Wildman–Crippen MR) is 67.8 cm³/mol. The minimum absolute atomic E-state index is 0.943. The molecule has 16 heavy (non-hydrogen) atoms. The second-order valence-electron chi connectivity index (χ2n) is 4.63. The lowest BCUT2D eigenvalue weighted by Gasteiger charge is -2.30. The number of rotatable bonds is 4. The van der Waals surface area contributed by atoms with Gasteiger partial charge in [-0.2, -0.15) is 0 Å². The van der Waals surface area contributed by atoms with E-state index in [1.54, 1.807) is 0 Å². The summed E-state index contributed by atoms with van der Waals surface area (Å²) in [5.74, 6) is 1.13. The van der Waals surface area contributed by atoms with Crippen molar-refractivity contribution in [2.45, 2.75) is 26.2 Å². The van der Waals surface area contributed by atoms with Crippen molar-refractivity contribution in [2.75, 3.05) is 45.8 Å². The Hall–Kier alpha value is -0.770. The lowest BCUT2D eigenvalue weighted by Crippen LogP contribution is -2.41. The number of nitrogens with zero attached hydrogens (tertiary/aromatic N) is 3. The number of likely N-dealkylation sites (tertiary alicyclic amines) is 2. The van der Waals surface area contributed by atoms with Crippen LogP contribution in [0.3, 0.4) is 0 Å². The van der Waals surface area contributed by atoms with Gasteiger partial charge in [0.1, 0.15) is 0 Å². The Morgan fingerprint density at radius 2 is 1.88 bits per heavy atom. The van der Waals surface area contributed by atoms with Crippen LogP contribution in [0.2, 0.25) is 0 Å². The zero-order valence-corrected chi connectivity index (χ0v) is 10.4. The molecule has 2 heterocycles. The Kier molecular flexibility index (Phi) is 4.45. The topological polar surface area (TPSA) is 30.9 Å². The van der Waals surface area contributed by atoms with Gasteiger partial charge in [-0.05, 0) is 39.3 Å². The second-order valence-corrected chi connectivity index (χ2v) is 4.63. The van der Waals surface area contributed by atoms with Crippen molar-refractivity contribution in [1.82, 2.24) is 15.1 Å². The minimum atomic E-state index is 0.943. The van der Waals surface area contributed by atoms with E-state index in [0.717, 1.165) is 25.6 Å². The summed E-state index contributed by atoms with van der Waals surface area (Å²) < 4.78 is 0. The Labute approximate surface area is 98.7 Å². The van der Waals surface area contributed by atoms with Crippen LogP contribution in [-0.2, 0) is 0 Å². The summed E-state index contributed by atoms with van der Waals surface area (Å²) in [5.41, 5.74) is 0. The largest absolute Gasteiger partial charge is 0.357 e. The maximum absolute atomic E-state index is 4.71. The van der Waals surface area contributed by atoms with E-state index >= 15 is 0 Å². The van der Waals surface area contributed by atoms with E-state index in [-0.39, 0.29) is 0 Å². The molecule has 2 rings (SSSR count). The van der Waals surface area contributed by atoms with Crippen LogP contribution >= 0.6 is 0 Å². The molecule has 0 saturated carbocycles. The third-order valence-corrected chi connectivity index (χ3v) is 3.37. The van der Waals surface area contributed by atoms with Gasteiger partial charge < -0.3 is 15.1 Å². The first-order valence-corrected chi connectivity index (χ1v) is 6.66. The third kappa shape index (κ3) is 3.11. The lowest BCUT2D eigenvalue weighted by atomic mass is 10.2. The summed E-state index contributed by atoms with van der Waals surface area (Å²) in [6.07, 6.45) is 4.00. The van der Waals surface area contributed by atoms with Crippen molar-refractivity contribution in [2.24, 2.45) is 4.99 Å².